The van der Waals surface area contributed by atoms with Gasteiger partial charge in [-0.3, -0.25) is 4.79 Å². The molecule has 3 nitrogen and oxygen atoms in total. The molecule has 66 valence electrons. The molecule has 0 aromatic carbocycles. The van der Waals surface area contributed by atoms with Crippen molar-refractivity contribution in [3.05, 3.63) is 28.8 Å². The predicted molar refractivity (Wildman–Crippen MR) is 49.9 cm³/mol. The van der Waals surface area contributed by atoms with Crippen LogP contribution >= 0.6 is 11.3 Å². The fraction of sp³-hybridized carbons (Fsp3) is 0.111. The van der Waals surface area contributed by atoms with Gasteiger partial charge in [0.2, 0.25) is 0 Å². The molecule has 0 aliphatic rings. The monoisotopic (exact) mass is 193 g/mol. The lowest BCUT2D eigenvalue weighted by atomic mass is 10.2. The Hall–Kier alpha value is -1.42. The SMILES string of the molecule is Cc1ccsc1-c1oncc1C=O. The van der Waals surface area contributed by atoms with E-state index in [4.69, 9.17) is 4.52 Å². The minimum Gasteiger partial charge on any atom is -0.355 e. The Kier molecular flexibility index (Phi) is 1.98. The van der Waals surface area contributed by atoms with E-state index in [1.54, 1.807) is 11.3 Å². The fourth-order valence-electron chi connectivity index (χ4n) is 1.11. The number of aryl methyl sites for hydroxylation is 1. The van der Waals surface area contributed by atoms with Gasteiger partial charge in [0.05, 0.1) is 16.6 Å². The third-order valence-electron chi connectivity index (χ3n) is 1.79. The van der Waals surface area contributed by atoms with E-state index in [1.807, 2.05) is 18.4 Å². The van der Waals surface area contributed by atoms with Gasteiger partial charge >= 0.3 is 0 Å². The molecule has 0 aliphatic heterocycles. The molecule has 0 radical (unpaired) electrons. The summed E-state index contributed by atoms with van der Waals surface area (Å²) in [6.07, 6.45) is 2.19. The van der Waals surface area contributed by atoms with E-state index in [9.17, 15) is 4.79 Å². The van der Waals surface area contributed by atoms with Crippen LogP contribution in [0.3, 0.4) is 0 Å². The van der Waals surface area contributed by atoms with Gasteiger partial charge in [0, 0.05) is 0 Å². The number of hydrogen-bond acceptors (Lipinski definition) is 4. The van der Waals surface area contributed by atoms with Gasteiger partial charge in [0.15, 0.2) is 12.0 Å². The largest absolute Gasteiger partial charge is 0.355 e. The Morgan fingerprint density at radius 1 is 1.62 bits per heavy atom. The van der Waals surface area contributed by atoms with E-state index in [2.05, 4.69) is 5.16 Å². The maximum Gasteiger partial charge on any atom is 0.187 e. The third-order valence-corrected chi connectivity index (χ3v) is 2.81. The molecule has 2 aromatic rings. The molecule has 2 aromatic heterocycles. The van der Waals surface area contributed by atoms with E-state index < -0.39 is 0 Å². The molecular weight excluding hydrogens is 186 g/mol. The summed E-state index contributed by atoms with van der Waals surface area (Å²) in [7, 11) is 0. The van der Waals surface area contributed by atoms with Crippen LogP contribution in [0.4, 0.5) is 0 Å². The second-order valence-electron chi connectivity index (χ2n) is 2.66. The lowest BCUT2D eigenvalue weighted by Crippen LogP contribution is -1.79. The van der Waals surface area contributed by atoms with Crippen LogP contribution < -0.4 is 0 Å². The number of carbonyl (C=O) groups is 1. The molecule has 0 unspecified atom stereocenters. The summed E-state index contributed by atoms with van der Waals surface area (Å²) in [4.78, 5) is 11.6. The van der Waals surface area contributed by atoms with Crippen LogP contribution in [0.15, 0.2) is 22.2 Å². The van der Waals surface area contributed by atoms with Crippen molar-refractivity contribution in [3.63, 3.8) is 0 Å². The number of aldehydes is 1. The second kappa shape index (κ2) is 3.14. The molecule has 0 aliphatic carbocycles. The summed E-state index contributed by atoms with van der Waals surface area (Å²) in [5, 5.41) is 5.55. The molecule has 13 heavy (non-hydrogen) atoms. The lowest BCUT2D eigenvalue weighted by molar-refractivity contribution is 0.112. The summed E-state index contributed by atoms with van der Waals surface area (Å²) in [5.74, 6) is 0.572. The highest BCUT2D eigenvalue weighted by atomic mass is 32.1. The van der Waals surface area contributed by atoms with E-state index in [1.165, 1.54) is 6.20 Å². The van der Waals surface area contributed by atoms with Crippen LogP contribution in [0.2, 0.25) is 0 Å². The van der Waals surface area contributed by atoms with Gasteiger partial charge in [-0.2, -0.15) is 0 Å². The van der Waals surface area contributed by atoms with E-state index in [-0.39, 0.29) is 0 Å². The maximum atomic E-state index is 10.6. The van der Waals surface area contributed by atoms with E-state index in [0.29, 0.717) is 11.3 Å². The lowest BCUT2D eigenvalue weighted by Gasteiger charge is -1.92. The molecule has 0 N–H and O–H groups in total. The first-order valence-corrected chi connectivity index (χ1v) is 4.65. The molecule has 2 heterocycles. The summed E-state index contributed by atoms with van der Waals surface area (Å²) >= 11 is 1.54. The molecule has 0 fully saturated rings. The van der Waals surface area contributed by atoms with Crippen molar-refractivity contribution in [1.82, 2.24) is 5.16 Å². The van der Waals surface area contributed by atoms with Crippen LogP contribution in [-0.4, -0.2) is 11.4 Å². The molecular formula is C9H7NO2S. The minimum atomic E-state index is 0.505. The van der Waals surface area contributed by atoms with Gasteiger partial charge in [0.1, 0.15) is 0 Å². The number of rotatable bonds is 2. The molecule has 0 bridgehead atoms. The molecule has 0 saturated heterocycles. The van der Waals surface area contributed by atoms with Crippen molar-refractivity contribution in [3.8, 4) is 10.6 Å². The maximum absolute atomic E-state index is 10.6. The Morgan fingerprint density at radius 2 is 2.46 bits per heavy atom. The quantitative estimate of drug-likeness (QED) is 0.688. The Labute approximate surface area is 79.0 Å². The summed E-state index contributed by atoms with van der Waals surface area (Å²) < 4.78 is 5.01. The van der Waals surface area contributed by atoms with Crippen molar-refractivity contribution in [2.24, 2.45) is 0 Å². The number of hydrogen-bond donors (Lipinski definition) is 0. The van der Waals surface area contributed by atoms with E-state index in [0.717, 1.165) is 16.7 Å². The first-order chi connectivity index (χ1) is 6.33. The van der Waals surface area contributed by atoms with Crippen LogP contribution in [0.1, 0.15) is 15.9 Å². The highest BCUT2D eigenvalue weighted by molar-refractivity contribution is 7.13. The van der Waals surface area contributed by atoms with Crippen molar-refractivity contribution in [2.45, 2.75) is 6.92 Å². The number of carbonyl (C=O) groups excluding carboxylic acids is 1. The molecule has 0 atom stereocenters. The predicted octanol–water partition coefficient (Wildman–Crippen LogP) is 2.52. The number of thiophene rings is 1. The Morgan fingerprint density at radius 3 is 3.08 bits per heavy atom. The van der Waals surface area contributed by atoms with Crippen molar-refractivity contribution >= 4 is 17.6 Å². The molecule has 4 heteroatoms. The van der Waals surface area contributed by atoms with E-state index >= 15 is 0 Å². The van der Waals surface area contributed by atoms with Crippen molar-refractivity contribution < 1.29 is 9.32 Å². The molecule has 0 amide bonds. The first kappa shape index (κ1) is 8.19. The zero-order chi connectivity index (χ0) is 9.26. The normalized spacial score (nSPS) is 10.2. The topological polar surface area (TPSA) is 43.1 Å². The van der Waals surface area contributed by atoms with Crippen LogP contribution in [0.5, 0.6) is 0 Å². The van der Waals surface area contributed by atoms with Gasteiger partial charge in [-0.05, 0) is 23.9 Å². The number of aromatic nitrogens is 1. The van der Waals surface area contributed by atoms with Gasteiger partial charge in [-0.1, -0.05) is 5.16 Å². The van der Waals surface area contributed by atoms with Gasteiger partial charge in [0.25, 0.3) is 0 Å². The smallest absolute Gasteiger partial charge is 0.187 e. The van der Waals surface area contributed by atoms with Crippen LogP contribution in [-0.2, 0) is 0 Å². The molecule has 2 rings (SSSR count). The van der Waals surface area contributed by atoms with Crippen LogP contribution in [0, 0.1) is 6.92 Å². The second-order valence-corrected chi connectivity index (χ2v) is 3.58. The molecule has 0 spiro atoms. The van der Waals surface area contributed by atoms with Crippen LogP contribution in [0.25, 0.3) is 10.6 Å². The zero-order valence-electron chi connectivity index (χ0n) is 6.98. The van der Waals surface area contributed by atoms with Gasteiger partial charge in [-0.25, -0.2) is 0 Å². The third kappa shape index (κ3) is 1.29. The van der Waals surface area contributed by atoms with Crippen molar-refractivity contribution in [2.75, 3.05) is 0 Å². The minimum absolute atomic E-state index is 0.505. The van der Waals surface area contributed by atoms with Gasteiger partial charge in [-0.15, -0.1) is 11.3 Å². The Balaban J connectivity index is 2.58. The Bertz CT molecular complexity index is 430. The fourth-order valence-corrected chi connectivity index (χ4v) is 2.03. The van der Waals surface area contributed by atoms with Gasteiger partial charge < -0.3 is 4.52 Å². The average Bonchev–Trinajstić information content (AvgIpc) is 2.71. The highest BCUT2D eigenvalue weighted by Gasteiger charge is 2.12. The summed E-state index contributed by atoms with van der Waals surface area (Å²) in [5.41, 5.74) is 1.61. The summed E-state index contributed by atoms with van der Waals surface area (Å²) in [6.45, 7) is 1.98. The number of nitrogens with zero attached hydrogens (tertiary/aromatic N) is 1. The first-order valence-electron chi connectivity index (χ1n) is 3.77. The summed E-state index contributed by atoms with van der Waals surface area (Å²) in [6, 6.07) is 1.98. The van der Waals surface area contributed by atoms with Crippen molar-refractivity contribution in [1.29, 1.82) is 0 Å². The average molecular weight is 193 g/mol. The molecule has 0 saturated carbocycles. The standard InChI is InChI=1S/C9H7NO2S/c1-6-2-3-13-9(6)8-7(5-11)4-10-12-8/h2-5H,1H3. The zero-order valence-corrected chi connectivity index (χ0v) is 7.80. The highest BCUT2D eigenvalue weighted by Crippen LogP contribution is 2.30.